The largest absolute Gasteiger partial charge is 0.363 e. The molecule has 4 nitrogen and oxygen atoms in total. The molecule has 0 radical (unpaired) electrons. The van der Waals surface area contributed by atoms with Crippen molar-refractivity contribution in [3.05, 3.63) is 153 Å². The van der Waals surface area contributed by atoms with Gasteiger partial charge in [-0.25, -0.2) is 0 Å². The number of rotatable bonds is 2. The third-order valence-electron chi connectivity index (χ3n) is 11.1. The lowest BCUT2D eigenvalue weighted by atomic mass is 10.0. The highest BCUT2D eigenvalue weighted by Gasteiger charge is 2.19. The molecule has 0 amide bonds. The number of aryl methyl sites for hydroxylation is 2. The summed E-state index contributed by atoms with van der Waals surface area (Å²) in [5.41, 5.74) is 13.1. The molecule has 0 atom stereocenters. The summed E-state index contributed by atoms with van der Waals surface area (Å²) in [7, 11) is 0. The van der Waals surface area contributed by atoms with Crippen LogP contribution >= 0.6 is 31.9 Å². The first-order valence-electron chi connectivity index (χ1n) is 18.1. The van der Waals surface area contributed by atoms with E-state index in [-0.39, 0.29) is 0 Å². The van der Waals surface area contributed by atoms with Crippen molar-refractivity contribution in [2.75, 3.05) is 9.80 Å². The quantitative estimate of drug-likeness (QED) is 0.173. The Hall–Kier alpha value is -4.52. The molecule has 10 heterocycles. The van der Waals surface area contributed by atoms with Crippen LogP contribution in [0.15, 0.2) is 130 Å². The Bertz CT molecular complexity index is 2290. The Balaban J connectivity index is 1.24. The molecular formula is C45H38Br2N4. The van der Waals surface area contributed by atoms with Crippen LogP contribution in [-0.2, 0) is 39.3 Å². The maximum absolute atomic E-state index is 3.67. The van der Waals surface area contributed by atoms with Gasteiger partial charge in [0, 0.05) is 103 Å². The van der Waals surface area contributed by atoms with E-state index in [0.29, 0.717) is 0 Å². The molecule has 0 aliphatic carbocycles. The Morgan fingerprint density at radius 1 is 0.353 bits per heavy atom. The van der Waals surface area contributed by atoms with Gasteiger partial charge < -0.3 is 18.9 Å². The number of hydrogen-bond donors (Lipinski definition) is 0. The maximum Gasteiger partial charge on any atom is 0.0491 e. The highest BCUT2D eigenvalue weighted by Crippen LogP contribution is 2.36. The summed E-state index contributed by atoms with van der Waals surface area (Å²) >= 11 is 7.34. The van der Waals surface area contributed by atoms with Crippen molar-refractivity contribution in [3.63, 3.8) is 0 Å². The smallest absolute Gasteiger partial charge is 0.0491 e. The van der Waals surface area contributed by atoms with Crippen molar-refractivity contribution < 1.29 is 0 Å². The Morgan fingerprint density at radius 3 is 0.980 bits per heavy atom. The normalized spacial score (nSPS) is 15.3. The van der Waals surface area contributed by atoms with Gasteiger partial charge >= 0.3 is 0 Å². The summed E-state index contributed by atoms with van der Waals surface area (Å²) in [6.45, 7) is 5.34. The monoisotopic (exact) mass is 792 g/mol. The second-order valence-corrected chi connectivity index (χ2v) is 16.3. The van der Waals surface area contributed by atoms with Gasteiger partial charge in [0.25, 0.3) is 0 Å². The van der Waals surface area contributed by atoms with Gasteiger partial charge in [0.05, 0.1) is 0 Å². The molecule has 6 aromatic carbocycles. The minimum absolute atomic E-state index is 0.825. The van der Waals surface area contributed by atoms with E-state index in [0.717, 1.165) is 61.1 Å². The van der Waals surface area contributed by atoms with Gasteiger partial charge in [-0.05, 0) is 139 Å². The van der Waals surface area contributed by atoms with E-state index in [1.54, 1.807) is 0 Å². The van der Waals surface area contributed by atoms with Gasteiger partial charge in [0.2, 0.25) is 0 Å². The molecule has 51 heavy (non-hydrogen) atoms. The van der Waals surface area contributed by atoms with Gasteiger partial charge in [-0.1, -0.05) is 56.1 Å². The zero-order valence-corrected chi connectivity index (χ0v) is 31.6. The fourth-order valence-electron chi connectivity index (χ4n) is 8.65. The van der Waals surface area contributed by atoms with Crippen LogP contribution in [0.1, 0.15) is 41.5 Å². The molecule has 6 heteroatoms. The van der Waals surface area contributed by atoms with E-state index < -0.39 is 0 Å². The second kappa shape index (κ2) is 12.6. The number of hydrogen-bond acceptors (Lipinski definition) is 2. The van der Waals surface area contributed by atoms with Crippen molar-refractivity contribution in [1.82, 2.24) is 9.13 Å². The number of benzene rings is 6. The summed E-state index contributed by atoms with van der Waals surface area (Å²) in [5, 5.41) is 5.42. The summed E-state index contributed by atoms with van der Waals surface area (Å²) in [6.07, 6.45) is 3.50. The van der Waals surface area contributed by atoms with Gasteiger partial charge in [-0.3, -0.25) is 0 Å². The van der Waals surface area contributed by atoms with Crippen molar-refractivity contribution in [1.29, 1.82) is 0 Å². The molecule has 0 saturated heterocycles. The van der Waals surface area contributed by atoms with Gasteiger partial charge in [0.1, 0.15) is 0 Å². The highest BCUT2D eigenvalue weighted by molar-refractivity contribution is 9.10. The molecule has 14 bridgehead atoms. The van der Waals surface area contributed by atoms with Crippen LogP contribution in [0, 0.1) is 0 Å². The van der Waals surface area contributed by atoms with Crippen LogP contribution in [0.2, 0.25) is 0 Å². The molecule has 8 aromatic rings. The topological polar surface area (TPSA) is 16.3 Å². The summed E-state index contributed by atoms with van der Waals surface area (Å²) in [6, 6.07) is 46.5. The van der Waals surface area contributed by atoms with E-state index in [1.807, 2.05) is 0 Å². The molecular weight excluding hydrogens is 756 g/mol. The lowest BCUT2D eigenvalue weighted by Gasteiger charge is -2.26. The molecule has 0 fully saturated rings. The van der Waals surface area contributed by atoms with Crippen LogP contribution in [0.4, 0.5) is 11.4 Å². The second-order valence-electron chi connectivity index (χ2n) is 14.4. The standard InChI is InChI=1S/C45H38Br2N4/c46-34-8-12-36(13-9-34)48-26-30-4-16-42-38(22-30)39-23-31-5-17-43(39)50(42)20-2-1-3-21-51-44-18-6-32(28-48)24-40(44)41-25-33(7-19-45(41)51)29-49(27-31)37-14-10-35(47)11-15-37/h4-19,22-25H,1-3,20-21,26-29H2. The fourth-order valence-corrected chi connectivity index (χ4v) is 9.18. The molecule has 0 saturated carbocycles. The van der Waals surface area contributed by atoms with E-state index in [1.165, 1.54) is 83.7 Å². The zero-order chi connectivity index (χ0) is 34.1. The van der Waals surface area contributed by atoms with Crippen LogP contribution < -0.4 is 9.80 Å². The average Bonchev–Trinajstić information content (AvgIpc) is 3.61. The maximum atomic E-state index is 3.67. The molecule has 8 aliphatic rings. The number of halogens is 2. The zero-order valence-electron chi connectivity index (χ0n) is 28.5. The molecule has 16 rings (SSSR count). The predicted molar refractivity (Wildman–Crippen MR) is 221 cm³/mol. The molecule has 0 N–H and O–H groups in total. The first-order chi connectivity index (χ1) is 25.0. The van der Waals surface area contributed by atoms with Crippen molar-refractivity contribution in [2.45, 2.75) is 58.5 Å². The minimum Gasteiger partial charge on any atom is -0.363 e. The molecule has 8 aliphatic heterocycles. The first-order valence-corrected chi connectivity index (χ1v) is 19.7. The predicted octanol–water partition coefficient (Wildman–Crippen LogP) is 12.3. The molecule has 2 aromatic heterocycles. The fraction of sp³-hybridized carbons (Fsp3) is 0.200. The van der Waals surface area contributed by atoms with E-state index in [4.69, 9.17) is 0 Å². The van der Waals surface area contributed by atoms with Crippen LogP contribution in [0.3, 0.4) is 0 Å². The van der Waals surface area contributed by atoms with Crippen LogP contribution in [0.5, 0.6) is 0 Å². The SMILES string of the molecule is Brc1ccc(N2Cc3ccc4c(c3)c3cc5ccc3n4CCCCCn3c4ccc(cc4c4cc(ccc43)CN(c3ccc(Br)cc3)C5)C2)cc1. The van der Waals surface area contributed by atoms with Gasteiger partial charge in [-0.15, -0.1) is 0 Å². The molecule has 0 unspecified atom stereocenters. The third kappa shape index (κ3) is 5.64. The Labute approximate surface area is 315 Å². The minimum atomic E-state index is 0.825. The Morgan fingerprint density at radius 2 is 0.667 bits per heavy atom. The summed E-state index contributed by atoms with van der Waals surface area (Å²) in [4.78, 5) is 5.07. The van der Waals surface area contributed by atoms with Gasteiger partial charge in [0.15, 0.2) is 0 Å². The molecule has 0 spiro atoms. The number of aromatic nitrogens is 2. The van der Waals surface area contributed by atoms with Crippen molar-refractivity contribution in [2.24, 2.45) is 0 Å². The molecule has 252 valence electrons. The van der Waals surface area contributed by atoms with Gasteiger partial charge in [-0.2, -0.15) is 0 Å². The van der Waals surface area contributed by atoms with E-state index >= 15 is 0 Å². The Kier molecular flexibility index (Phi) is 7.72. The van der Waals surface area contributed by atoms with Crippen molar-refractivity contribution in [3.8, 4) is 0 Å². The van der Waals surface area contributed by atoms with E-state index in [2.05, 4.69) is 172 Å². The lowest BCUT2D eigenvalue weighted by Crippen LogP contribution is -2.22. The third-order valence-corrected chi connectivity index (χ3v) is 12.2. The van der Waals surface area contributed by atoms with Crippen molar-refractivity contribution >= 4 is 86.8 Å². The number of anilines is 2. The first kappa shape index (κ1) is 31.2. The van der Waals surface area contributed by atoms with E-state index in [9.17, 15) is 0 Å². The highest BCUT2D eigenvalue weighted by atomic mass is 79.9. The summed E-state index contributed by atoms with van der Waals surface area (Å²) < 4.78 is 7.38. The average molecular weight is 795 g/mol. The lowest BCUT2D eigenvalue weighted by molar-refractivity contribution is 0.569. The van der Waals surface area contributed by atoms with Crippen LogP contribution in [0.25, 0.3) is 43.6 Å². The summed E-state index contributed by atoms with van der Waals surface area (Å²) in [5.74, 6) is 0. The number of nitrogens with zero attached hydrogens (tertiary/aromatic N) is 4. The van der Waals surface area contributed by atoms with Crippen LogP contribution in [-0.4, -0.2) is 9.13 Å².